The number of para-hydroxylation sites is 1. The van der Waals surface area contributed by atoms with Crippen LogP contribution in [0.4, 0.5) is 0 Å². The normalized spacial score (nSPS) is 13.6. The number of hydrogen-bond acceptors (Lipinski definition) is 2. The van der Waals surface area contributed by atoms with Gasteiger partial charge in [-0.25, -0.2) is 0 Å². The molecule has 0 spiro atoms. The van der Waals surface area contributed by atoms with Gasteiger partial charge in [-0.3, -0.25) is 0 Å². The van der Waals surface area contributed by atoms with E-state index >= 15 is 0 Å². The summed E-state index contributed by atoms with van der Waals surface area (Å²) in [5.74, 6) is 0. The first-order valence-electron chi connectivity index (χ1n) is 18.4. The Kier molecular flexibility index (Phi) is 5.78. The molecule has 1 aliphatic carbocycles. The van der Waals surface area contributed by atoms with Crippen LogP contribution in [0.25, 0.3) is 108 Å². The molecule has 2 heterocycles. The number of fused-ring (bicyclic) bond motifs is 14. The summed E-state index contributed by atoms with van der Waals surface area (Å²) in [6.07, 6.45) is 0. The van der Waals surface area contributed by atoms with Crippen molar-refractivity contribution in [2.45, 2.75) is 19.3 Å². The average molecular weight is 693 g/mol. The van der Waals surface area contributed by atoms with E-state index in [1.807, 2.05) is 17.4 Å². The second kappa shape index (κ2) is 10.4. The van der Waals surface area contributed by atoms with E-state index in [1.54, 1.807) is 0 Å². The molecule has 248 valence electrons. The number of rotatable bonds is 2. The molecule has 1 aliphatic rings. The second-order valence-electron chi connectivity index (χ2n) is 15.1. The summed E-state index contributed by atoms with van der Waals surface area (Å²) >= 11 is 1.93. The number of thiophene rings is 1. The molecule has 0 amide bonds. The van der Waals surface area contributed by atoms with Crippen LogP contribution < -0.4 is 0 Å². The highest BCUT2D eigenvalue weighted by molar-refractivity contribution is 7.26. The SMILES string of the molecule is CC1(C)c2cc(-c3c4ccccc4c(-c4cccc5oc6ccccc6c45)c4ccccc34)ccc2-c2c1ccc1ccc3c4ccccc4sc3c21. The van der Waals surface area contributed by atoms with E-state index in [0.717, 1.165) is 16.6 Å². The number of benzene rings is 9. The summed E-state index contributed by atoms with van der Waals surface area (Å²) in [6.45, 7) is 4.82. The van der Waals surface area contributed by atoms with Gasteiger partial charge in [0.05, 0.1) is 0 Å². The third kappa shape index (κ3) is 3.86. The van der Waals surface area contributed by atoms with Crippen LogP contribution >= 0.6 is 11.3 Å². The van der Waals surface area contributed by atoms with Crippen LogP contribution in [0.3, 0.4) is 0 Å². The topological polar surface area (TPSA) is 13.1 Å². The molecule has 53 heavy (non-hydrogen) atoms. The molecule has 2 aromatic heterocycles. The lowest BCUT2D eigenvalue weighted by molar-refractivity contribution is 0.661. The van der Waals surface area contributed by atoms with Gasteiger partial charge in [-0.15, -0.1) is 11.3 Å². The van der Waals surface area contributed by atoms with E-state index in [-0.39, 0.29) is 5.41 Å². The van der Waals surface area contributed by atoms with Crippen LogP contribution in [0.15, 0.2) is 162 Å². The minimum absolute atomic E-state index is 0.156. The highest BCUT2D eigenvalue weighted by Gasteiger charge is 2.37. The first-order chi connectivity index (χ1) is 26.1. The van der Waals surface area contributed by atoms with Crippen LogP contribution in [0.5, 0.6) is 0 Å². The molecule has 0 aliphatic heterocycles. The van der Waals surface area contributed by atoms with Crippen molar-refractivity contribution in [2.75, 3.05) is 0 Å². The van der Waals surface area contributed by atoms with Crippen molar-refractivity contribution in [3.8, 4) is 33.4 Å². The highest BCUT2D eigenvalue weighted by atomic mass is 32.1. The van der Waals surface area contributed by atoms with Crippen molar-refractivity contribution in [1.82, 2.24) is 0 Å². The molecule has 11 aromatic rings. The Morgan fingerprint density at radius 1 is 0.434 bits per heavy atom. The fourth-order valence-electron chi connectivity index (χ4n) is 9.69. The van der Waals surface area contributed by atoms with Crippen molar-refractivity contribution in [3.05, 3.63) is 169 Å². The standard InChI is InChI=1S/C51H32OS/c1-51(2)40-27-24-29-22-25-36-31-12-8-10-21-44(31)53-50(36)46(29)49(40)37-26-23-30(28-41(37)51)45-32-13-3-5-15-34(32)47(35-16-6-4-14-33(35)45)39-18-11-20-43-48(39)38-17-7-9-19-42(38)52-43/h3-28H,1-2H3. The van der Waals surface area contributed by atoms with Crippen molar-refractivity contribution >= 4 is 85.8 Å². The van der Waals surface area contributed by atoms with Gasteiger partial charge in [0, 0.05) is 41.7 Å². The van der Waals surface area contributed by atoms with Crippen LogP contribution in [-0.2, 0) is 5.41 Å². The van der Waals surface area contributed by atoms with E-state index in [0.29, 0.717) is 0 Å². The van der Waals surface area contributed by atoms with Crippen molar-refractivity contribution in [3.63, 3.8) is 0 Å². The van der Waals surface area contributed by atoms with Crippen LogP contribution in [0.2, 0.25) is 0 Å². The molecule has 0 fully saturated rings. The monoisotopic (exact) mass is 692 g/mol. The van der Waals surface area contributed by atoms with E-state index in [4.69, 9.17) is 4.42 Å². The Morgan fingerprint density at radius 2 is 1.08 bits per heavy atom. The van der Waals surface area contributed by atoms with Gasteiger partial charge in [0.25, 0.3) is 0 Å². The summed E-state index contributed by atoms with van der Waals surface area (Å²) in [5, 5.41) is 12.7. The minimum Gasteiger partial charge on any atom is -0.456 e. The Balaban J connectivity index is 1.14. The maximum absolute atomic E-state index is 6.39. The predicted molar refractivity (Wildman–Crippen MR) is 228 cm³/mol. The molecule has 9 aromatic carbocycles. The molecule has 0 unspecified atom stereocenters. The van der Waals surface area contributed by atoms with Gasteiger partial charge in [0.15, 0.2) is 0 Å². The van der Waals surface area contributed by atoms with Crippen LogP contribution in [-0.4, -0.2) is 0 Å². The van der Waals surface area contributed by atoms with Gasteiger partial charge in [-0.05, 0) is 95.7 Å². The Bertz CT molecular complexity index is 3320. The minimum atomic E-state index is -0.156. The van der Waals surface area contributed by atoms with Gasteiger partial charge in [0.1, 0.15) is 11.2 Å². The van der Waals surface area contributed by atoms with Gasteiger partial charge in [-0.2, -0.15) is 0 Å². The van der Waals surface area contributed by atoms with Gasteiger partial charge < -0.3 is 4.42 Å². The molecule has 2 heteroatoms. The molecule has 12 rings (SSSR count). The summed E-state index contributed by atoms with van der Waals surface area (Å²) < 4.78 is 9.12. The lowest BCUT2D eigenvalue weighted by Crippen LogP contribution is -2.15. The summed E-state index contributed by atoms with van der Waals surface area (Å²) in [7, 11) is 0. The molecule has 0 bridgehead atoms. The number of furan rings is 1. The van der Waals surface area contributed by atoms with E-state index < -0.39 is 0 Å². The number of hydrogen-bond donors (Lipinski definition) is 0. The fraction of sp³-hybridized carbons (Fsp3) is 0.0588. The maximum Gasteiger partial charge on any atom is 0.136 e. The summed E-state index contributed by atoms with van der Waals surface area (Å²) in [4.78, 5) is 0. The van der Waals surface area contributed by atoms with E-state index in [9.17, 15) is 0 Å². The fourth-order valence-corrected chi connectivity index (χ4v) is 10.9. The van der Waals surface area contributed by atoms with Crippen LogP contribution in [0, 0.1) is 0 Å². The Labute approximate surface area is 310 Å². The average Bonchev–Trinajstić information content (AvgIpc) is 3.84. The molecule has 0 atom stereocenters. The summed E-state index contributed by atoms with van der Waals surface area (Å²) in [5.41, 5.74) is 12.2. The highest BCUT2D eigenvalue weighted by Crippen LogP contribution is 2.55. The molecule has 0 saturated heterocycles. The second-order valence-corrected chi connectivity index (χ2v) is 16.2. The van der Waals surface area contributed by atoms with Crippen molar-refractivity contribution in [1.29, 1.82) is 0 Å². The largest absolute Gasteiger partial charge is 0.456 e. The lowest BCUT2D eigenvalue weighted by atomic mass is 9.80. The van der Waals surface area contributed by atoms with E-state index in [1.165, 1.54) is 102 Å². The lowest BCUT2D eigenvalue weighted by Gasteiger charge is -2.23. The first-order valence-corrected chi connectivity index (χ1v) is 19.2. The van der Waals surface area contributed by atoms with Gasteiger partial charge >= 0.3 is 0 Å². The zero-order valence-electron chi connectivity index (χ0n) is 29.3. The molecule has 0 radical (unpaired) electrons. The van der Waals surface area contributed by atoms with E-state index in [2.05, 4.69) is 166 Å². The van der Waals surface area contributed by atoms with Crippen molar-refractivity contribution < 1.29 is 4.42 Å². The molecular weight excluding hydrogens is 661 g/mol. The van der Waals surface area contributed by atoms with Gasteiger partial charge in [0.2, 0.25) is 0 Å². The third-order valence-corrected chi connectivity index (χ3v) is 13.3. The Morgan fingerprint density at radius 3 is 1.85 bits per heavy atom. The summed E-state index contributed by atoms with van der Waals surface area (Å²) in [6, 6.07) is 58.4. The van der Waals surface area contributed by atoms with Crippen LogP contribution in [0.1, 0.15) is 25.0 Å². The molecule has 0 N–H and O–H groups in total. The maximum atomic E-state index is 6.39. The zero-order valence-corrected chi connectivity index (χ0v) is 30.1. The third-order valence-electron chi connectivity index (χ3n) is 12.1. The molecule has 1 nitrogen and oxygen atoms in total. The first kappa shape index (κ1) is 29.4. The zero-order chi connectivity index (χ0) is 35.0. The van der Waals surface area contributed by atoms with Gasteiger partial charge in [-0.1, -0.05) is 147 Å². The molecule has 0 saturated carbocycles. The smallest absolute Gasteiger partial charge is 0.136 e. The molecular formula is C51H32OS. The quantitative estimate of drug-likeness (QED) is 0.164. The predicted octanol–water partition coefficient (Wildman–Crippen LogP) is 15.1. The Hall–Kier alpha value is -6.22. The van der Waals surface area contributed by atoms with Crippen molar-refractivity contribution in [2.24, 2.45) is 0 Å².